The zero-order valence-electron chi connectivity index (χ0n) is 6.91. The van der Waals surface area contributed by atoms with Crippen molar-refractivity contribution in [2.24, 2.45) is 0 Å². The normalized spacial score (nSPS) is 5.40. The Hall–Kier alpha value is 3.22. The van der Waals surface area contributed by atoms with E-state index in [-0.39, 0.29) is 101 Å². The second-order valence-corrected chi connectivity index (χ2v) is 0.866. The average molecular weight is 518 g/mol. The molecule has 15 heavy (non-hydrogen) atoms. The van der Waals surface area contributed by atoms with Crippen LogP contribution in [-0.2, 0) is 25.8 Å². The predicted octanol–water partition coefficient (Wildman–Crippen LogP) is -11.8. The maximum atomic E-state index is 8.42. The summed E-state index contributed by atoms with van der Waals surface area (Å²) in [4.78, 5) is 0. The molecule has 0 bridgehead atoms. The number of rotatable bonds is 0. The van der Waals surface area contributed by atoms with Gasteiger partial charge in [0, 0.05) is 0 Å². The molecule has 0 atom stereocenters. The van der Waals surface area contributed by atoms with E-state index < -0.39 is 22.0 Å². The number of hydrogen-bond acceptors (Lipinski definition) is 9. The van der Waals surface area contributed by atoms with Crippen LogP contribution in [0.15, 0.2) is 0 Å². The van der Waals surface area contributed by atoms with Crippen molar-refractivity contribution in [3.63, 3.8) is 0 Å². The first kappa shape index (κ1) is 36.2. The van der Waals surface area contributed by atoms with Crippen LogP contribution in [-0.4, -0.2) is 22.0 Å². The molecule has 1 radical (unpaired) electrons. The Morgan fingerprint density at radius 2 is 0.467 bits per heavy atom. The Kier molecular flexibility index (Phi) is 73.2. The molecular weight excluding hydrogens is 518 g/mol. The molecule has 0 unspecified atom stereocenters. The maximum absolute atomic E-state index is 8.42. The van der Waals surface area contributed by atoms with Crippen molar-refractivity contribution in [2.45, 2.75) is 0 Å². The van der Waals surface area contributed by atoms with Gasteiger partial charge < -0.3 is 45.2 Å². The average Bonchev–Trinajstić information content (AvgIpc) is 1.54. The van der Waals surface area contributed by atoms with E-state index in [4.69, 9.17) is 45.2 Å². The fourth-order valence-electron chi connectivity index (χ4n) is 0. The van der Waals surface area contributed by atoms with E-state index in [1.807, 2.05) is 0 Å². The van der Waals surface area contributed by atoms with Crippen LogP contribution < -0.4 is 45.2 Å². The van der Waals surface area contributed by atoms with E-state index in [0.717, 1.165) is 0 Å². The minimum absolute atomic E-state index is 0. The monoisotopic (exact) mass is 519 g/mol. The summed E-state index contributed by atoms with van der Waals surface area (Å²) in [5.74, 6) is 0. The maximum Gasteiger partial charge on any atom is 3.00 e. The predicted molar refractivity (Wildman–Crippen MR) is 17.3 cm³/mol. The summed E-state index contributed by atoms with van der Waals surface area (Å²) in [7, 11) is -8.75. The third-order valence-corrected chi connectivity index (χ3v) is 0. The molecule has 0 aliphatic rings. The molecule has 0 saturated heterocycles. The van der Waals surface area contributed by atoms with E-state index in [1.54, 1.807) is 0 Å². The topological polar surface area (TPSA) is 208 Å². The van der Waals surface area contributed by atoms with Gasteiger partial charge in [-0.2, -0.15) is 0 Å². The van der Waals surface area contributed by atoms with E-state index in [1.165, 1.54) is 0 Å². The summed E-state index contributed by atoms with van der Waals surface area (Å²) in [5, 5.41) is 75.8. The molecule has 15 heteroatoms. The van der Waals surface area contributed by atoms with Gasteiger partial charge in [-0.05, 0) is 0 Å². The molecule has 0 heterocycles. The Morgan fingerprint density at radius 1 is 0.467 bits per heavy atom. The van der Waals surface area contributed by atoms with E-state index in [0.29, 0.717) is 0 Å². The van der Waals surface area contributed by atoms with Crippen molar-refractivity contribution in [3.05, 3.63) is 0 Å². The SMILES string of the molecule is [Gd+3].[La+3].[O-]B([O-])[O-].[O-]B([O-])[O-].[O-]B([O-])[O-].[Sc+3]. The molecule has 0 saturated carbocycles. The summed E-state index contributed by atoms with van der Waals surface area (Å²) < 4.78 is 0. The van der Waals surface area contributed by atoms with Crippen molar-refractivity contribution in [2.75, 3.05) is 0 Å². The Bertz CT molecular complexity index is 53.8. The summed E-state index contributed by atoms with van der Waals surface area (Å²) in [5.41, 5.74) is 0. The van der Waals surface area contributed by atoms with Crippen molar-refractivity contribution in [3.8, 4) is 0 Å². The molecule has 77 valence electrons. The second kappa shape index (κ2) is 30.3. The van der Waals surface area contributed by atoms with Crippen LogP contribution in [0.25, 0.3) is 0 Å². The largest absolute Gasteiger partial charge is 3.00 e. The zero-order chi connectivity index (χ0) is 10.7. The van der Waals surface area contributed by atoms with Crippen LogP contribution in [0.1, 0.15) is 0 Å². The van der Waals surface area contributed by atoms with Gasteiger partial charge in [-0.3, -0.25) is 22.0 Å². The van der Waals surface area contributed by atoms with Crippen molar-refractivity contribution >= 4 is 22.0 Å². The summed E-state index contributed by atoms with van der Waals surface area (Å²) in [6.45, 7) is 0. The van der Waals surface area contributed by atoms with Crippen LogP contribution in [0.5, 0.6) is 0 Å². The van der Waals surface area contributed by atoms with Crippen LogP contribution in [0.3, 0.4) is 0 Å². The minimum atomic E-state index is -2.92. The molecule has 0 aromatic rings. The summed E-state index contributed by atoms with van der Waals surface area (Å²) >= 11 is 0. The van der Waals surface area contributed by atoms with Gasteiger partial charge in [0.1, 0.15) is 0 Å². The van der Waals surface area contributed by atoms with Gasteiger partial charge in [0.15, 0.2) is 0 Å². The molecule has 0 fully saturated rings. The standard InChI is InChI=1S/3BO3.Gd.La.Sc/c3*2-1(3)4;;;/q3*-3;3*+3. The molecule has 0 aliphatic carbocycles. The van der Waals surface area contributed by atoms with Crippen LogP contribution in [0.2, 0.25) is 0 Å². The molecule has 0 amide bonds. The fourth-order valence-corrected chi connectivity index (χ4v) is 0. The first-order chi connectivity index (χ1) is 5.20. The molecule has 0 aromatic heterocycles. The Balaban J connectivity index is -0.0000000184. The fraction of sp³-hybridized carbons (Fsp3) is 0. The first-order valence-electron chi connectivity index (χ1n) is 2.12. The first-order valence-corrected chi connectivity index (χ1v) is 2.12. The molecule has 0 aromatic carbocycles. The van der Waals surface area contributed by atoms with Gasteiger partial charge in [-0.15, -0.1) is 0 Å². The minimum Gasteiger partial charge on any atom is -0.907 e. The van der Waals surface area contributed by atoms with Crippen molar-refractivity contribution in [1.29, 1.82) is 0 Å². The van der Waals surface area contributed by atoms with Gasteiger partial charge in [-0.25, -0.2) is 0 Å². The zero-order valence-corrected chi connectivity index (χ0v) is 14.6. The molecule has 9 nitrogen and oxygen atoms in total. The van der Waals surface area contributed by atoms with Crippen LogP contribution in [0.4, 0.5) is 0 Å². The van der Waals surface area contributed by atoms with E-state index in [2.05, 4.69) is 0 Å². The third kappa shape index (κ3) is 384. The van der Waals surface area contributed by atoms with Gasteiger partial charge in [0.25, 0.3) is 0 Å². The van der Waals surface area contributed by atoms with Crippen molar-refractivity contribution < 1.29 is 147 Å². The van der Waals surface area contributed by atoms with Gasteiger partial charge in [-0.1, -0.05) is 0 Å². The van der Waals surface area contributed by atoms with Gasteiger partial charge in [0.05, 0.1) is 0 Å². The Labute approximate surface area is 166 Å². The van der Waals surface area contributed by atoms with Gasteiger partial charge in [0.2, 0.25) is 0 Å². The molecule has 0 aliphatic heterocycles. The van der Waals surface area contributed by atoms with Gasteiger partial charge >= 0.3 is 101 Å². The molecule has 0 rings (SSSR count). The van der Waals surface area contributed by atoms with Crippen LogP contribution in [0, 0.1) is 75.5 Å². The molecule has 0 spiro atoms. The molecule has 0 N–H and O–H groups in total. The van der Waals surface area contributed by atoms with Crippen molar-refractivity contribution in [1.82, 2.24) is 0 Å². The number of hydrogen-bond donors (Lipinski definition) is 0. The van der Waals surface area contributed by atoms with Crippen LogP contribution >= 0.6 is 0 Å². The summed E-state index contributed by atoms with van der Waals surface area (Å²) in [6, 6.07) is 0. The smallest absolute Gasteiger partial charge is 0.907 e. The summed E-state index contributed by atoms with van der Waals surface area (Å²) in [6.07, 6.45) is 0. The third-order valence-electron chi connectivity index (χ3n) is 0. The molecular formula is B3GdLaO9Sc. The van der Waals surface area contributed by atoms with E-state index in [9.17, 15) is 0 Å². The van der Waals surface area contributed by atoms with E-state index >= 15 is 0 Å². The second-order valence-electron chi connectivity index (χ2n) is 0.866. The quantitative estimate of drug-likeness (QED) is 0.279. The Morgan fingerprint density at radius 3 is 0.467 bits per heavy atom.